The van der Waals surface area contributed by atoms with Crippen LogP contribution in [0.2, 0.25) is 0 Å². The minimum atomic E-state index is -0.270. The molecule has 0 radical (unpaired) electrons. The van der Waals surface area contributed by atoms with Crippen LogP contribution in [-0.4, -0.2) is 18.9 Å². The van der Waals surface area contributed by atoms with Gasteiger partial charge in [0.05, 0.1) is 6.61 Å². The van der Waals surface area contributed by atoms with E-state index in [4.69, 9.17) is 4.74 Å². The van der Waals surface area contributed by atoms with Crippen LogP contribution in [0, 0.1) is 0 Å². The van der Waals surface area contributed by atoms with Gasteiger partial charge < -0.3 is 9.53 Å². The fraction of sp³-hybridized carbons (Fsp3) is 0.600. The SMILES string of the molecule is CCOC(=O)/C(C)=C\CCCC=O. The Morgan fingerprint density at radius 1 is 1.38 bits per heavy atom. The zero-order chi connectivity index (χ0) is 10.1. The zero-order valence-corrected chi connectivity index (χ0v) is 8.21. The highest BCUT2D eigenvalue weighted by Gasteiger charge is 2.02. The molecule has 0 fully saturated rings. The highest BCUT2D eigenvalue weighted by molar-refractivity contribution is 5.87. The van der Waals surface area contributed by atoms with Crippen molar-refractivity contribution in [3.63, 3.8) is 0 Å². The third-order valence-electron chi connectivity index (χ3n) is 1.57. The summed E-state index contributed by atoms with van der Waals surface area (Å²) in [7, 11) is 0. The lowest BCUT2D eigenvalue weighted by Crippen LogP contribution is -2.04. The van der Waals surface area contributed by atoms with E-state index in [1.807, 2.05) is 6.08 Å². The Kier molecular flexibility index (Phi) is 6.88. The topological polar surface area (TPSA) is 43.4 Å². The lowest BCUT2D eigenvalue weighted by Gasteiger charge is -2.00. The first kappa shape index (κ1) is 11.9. The second kappa shape index (κ2) is 7.53. The molecule has 3 heteroatoms. The lowest BCUT2D eigenvalue weighted by atomic mass is 10.2. The van der Waals surface area contributed by atoms with Gasteiger partial charge in [0.2, 0.25) is 0 Å². The third-order valence-corrected chi connectivity index (χ3v) is 1.57. The average molecular weight is 184 g/mol. The number of unbranched alkanes of at least 4 members (excludes halogenated alkanes) is 2. The molecule has 0 aromatic rings. The summed E-state index contributed by atoms with van der Waals surface area (Å²) in [6.45, 7) is 3.90. The maximum Gasteiger partial charge on any atom is 0.333 e. The summed E-state index contributed by atoms with van der Waals surface area (Å²) in [5, 5.41) is 0. The first-order chi connectivity index (χ1) is 6.22. The summed E-state index contributed by atoms with van der Waals surface area (Å²) in [4.78, 5) is 21.0. The molecule has 0 bridgehead atoms. The van der Waals surface area contributed by atoms with Crippen molar-refractivity contribution in [2.45, 2.75) is 33.1 Å². The molecule has 0 aliphatic rings. The van der Waals surface area contributed by atoms with Crippen molar-refractivity contribution >= 4 is 12.3 Å². The number of esters is 1. The molecule has 0 saturated heterocycles. The van der Waals surface area contributed by atoms with Gasteiger partial charge in [0.25, 0.3) is 0 Å². The molecule has 0 saturated carbocycles. The van der Waals surface area contributed by atoms with Crippen molar-refractivity contribution in [3.8, 4) is 0 Å². The predicted octanol–water partition coefficient (Wildman–Crippen LogP) is 1.86. The molecule has 0 heterocycles. The van der Waals surface area contributed by atoms with Crippen LogP contribution in [0.5, 0.6) is 0 Å². The highest BCUT2D eigenvalue weighted by Crippen LogP contribution is 2.02. The molecular formula is C10H16O3. The second-order valence-electron chi connectivity index (χ2n) is 2.71. The minimum Gasteiger partial charge on any atom is -0.463 e. The van der Waals surface area contributed by atoms with Gasteiger partial charge in [-0.25, -0.2) is 4.79 Å². The van der Waals surface area contributed by atoms with E-state index >= 15 is 0 Å². The van der Waals surface area contributed by atoms with Crippen LogP contribution in [-0.2, 0) is 14.3 Å². The molecule has 0 N–H and O–H groups in total. The number of rotatable bonds is 6. The Labute approximate surface area is 78.8 Å². The molecular weight excluding hydrogens is 168 g/mol. The van der Waals surface area contributed by atoms with Crippen LogP contribution in [0.15, 0.2) is 11.6 Å². The monoisotopic (exact) mass is 184 g/mol. The van der Waals surface area contributed by atoms with Crippen LogP contribution in [0.3, 0.4) is 0 Å². The van der Waals surface area contributed by atoms with Crippen molar-refractivity contribution in [1.82, 2.24) is 0 Å². The van der Waals surface area contributed by atoms with E-state index in [2.05, 4.69) is 0 Å². The molecule has 74 valence electrons. The number of hydrogen-bond donors (Lipinski definition) is 0. The number of aldehydes is 1. The Morgan fingerprint density at radius 2 is 2.08 bits per heavy atom. The Morgan fingerprint density at radius 3 is 2.62 bits per heavy atom. The van der Waals surface area contributed by atoms with Crippen LogP contribution in [0.25, 0.3) is 0 Å². The largest absolute Gasteiger partial charge is 0.463 e. The molecule has 0 aliphatic heterocycles. The predicted molar refractivity (Wildman–Crippen MR) is 50.3 cm³/mol. The van der Waals surface area contributed by atoms with Gasteiger partial charge in [-0.2, -0.15) is 0 Å². The summed E-state index contributed by atoms with van der Waals surface area (Å²) >= 11 is 0. The minimum absolute atomic E-state index is 0.270. The summed E-state index contributed by atoms with van der Waals surface area (Å²) in [6, 6.07) is 0. The maximum atomic E-state index is 11.0. The molecule has 0 rings (SSSR count). The van der Waals surface area contributed by atoms with Crippen LogP contribution >= 0.6 is 0 Å². The van der Waals surface area contributed by atoms with Gasteiger partial charge in [-0.1, -0.05) is 6.08 Å². The van der Waals surface area contributed by atoms with Crippen LogP contribution in [0.1, 0.15) is 33.1 Å². The third kappa shape index (κ3) is 6.08. The molecule has 0 unspecified atom stereocenters. The van der Waals surface area contributed by atoms with Gasteiger partial charge in [-0.3, -0.25) is 0 Å². The maximum absolute atomic E-state index is 11.0. The quantitative estimate of drug-likeness (QED) is 0.274. The van der Waals surface area contributed by atoms with Gasteiger partial charge >= 0.3 is 5.97 Å². The molecule has 0 aliphatic carbocycles. The summed E-state index contributed by atoms with van der Waals surface area (Å²) in [5.41, 5.74) is 0.618. The van der Waals surface area contributed by atoms with E-state index < -0.39 is 0 Å². The normalized spacial score (nSPS) is 11.1. The summed E-state index contributed by atoms with van der Waals surface area (Å²) in [6.07, 6.45) is 4.78. The van der Waals surface area contributed by atoms with E-state index in [9.17, 15) is 9.59 Å². The smallest absolute Gasteiger partial charge is 0.333 e. The Bertz CT molecular complexity index is 194. The fourth-order valence-corrected chi connectivity index (χ4v) is 0.848. The standard InChI is InChI=1S/C10H16O3/c1-3-13-10(12)9(2)7-5-4-6-8-11/h7-8H,3-6H2,1-2H3/b9-7-. The van der Waals surface area contributed by atoms with Crippen molar-refractivity contribution in [2.75, 3.05) is 6.61 Å². The van der Waals surface area contributed by atoms with E-state index in [-0.39, 0.29) is 5.97 Å². The number of allylic oxidation sites excluding steroid dienone is 1. The molecule has 13 heavy (non-hydrogen) atoms. The van der Waals surface area contributed by atoms with E-state index in [1.165, 1.54) is 0 Å². The van der Waals surface area contributed by atoms with Gasteiger partial charge in [-0.05, 0) is 26.7 Å². The zero-order valence-electron chi connectivity index (χ0n) is 8.21. The lowest BCUT2D eigenvalue weighted by molar-refractivity contribution is -0.138. The van der Waals surface area contributed by atoms with Gasteiger partial charge in [0.1, 0.15) is 6.29 Å². The first-order valence-electron chi connectivity index (χ1n) is 4.49. The Balaban J connectivity index is 3.73. The Hall–Kier alpha value is -1.12. The van der Waals surface area contributed by atoms with Crippen molar-refractivity contribution in [3.05, 3.63) is 11.6 Å². The van der Waals surface area contributed by atoms with Crippen LogP contribution in [0.4, 0.5) is 0 Å². The van der Waals surface area contributed by atoms with Gasteiger partial charge in [0, 0.05) is 12.0 Å². The molecule has 0 amide bonds. The van der Waals surface area contributed by atoms with Crippen LogP contribution < -0.4 is 0 Å². The van der Waals surface area contributed by atoms with E-state index in [0.717, 1.165) is 19.1 Å². The van der Waals surface area contributed by atoms with Crippen molar-refractivity contribution < 1.29 is 14.3 Å². The molecule has 0 spiro atoms. The fourth-order valence-electron chi connectivity index (χ4n) is 0.848. The van der Waals surface area contributed by atoms with E-state index in [1.54, 1.807) is 13.8 Å². The summed E-state index contributed by atoms with van der Waals surface area (Å²) < 4.78 is 4.78. The number of carbonyl (C=O) groups is 2. The average Bonchev–Trinajstić information content (AvgIpc) is 2.12. The van der Waals surface area contributed by atoms with Crippen molar-refractivity contribution in [2.24, 2.45) is 0 Å². The van der Waals surface area contributed by atoms with Gasteiger partial charge in [-0.15, -0.1) is 0 Å². The molecule has 0 aromatic heterocycles. The second-order valence-corrected chi connectivity index (χ2v) is 2.71. The van der Waals surface area contributed by atoms with E-state index in [0.29, 0.717) is 18.6 Å². The van der Waals surface area contributed by atoms with Gasteiger partial charge in [0.15, 0.2) is 0 Å². The number of carbonyl (C=O) groups excluding carboxylic acids is 2. The number of ether oxygens (including phenoxy) is 1. The molecule has 0 atom stereocenters. The highest BCUT2D eigenvalue weighted by atomic mass is 16.5. The number of hydrogen-bond acceptors (Lipinski definition) is 3. The first-order valence-corrected chi connectivity index (χ1v) is 4.49. The molecule has 3 nitrogen and oxygen atoms in total. The molecule has 0 aromatic carbocycles. The summed E-state index contributed by atoms with van der Waals surface area (Å²) in [5.74, 6) is -0.270. The van der Waals surface area contributed by atoms with Crippen molar-refractivity contribution in [1.29, 1.82) is 0 Å².